The Labute approximate surface area is 91.5 Å². The smallest absolute Gasteiger partial charge is 0.281 e. The van der Waals surface area contributed by atoms with Crippen molar-refractivity contribution in [1.29, 1.82) is 0 Å². The minimum atomic E-state index is -4.05. The second-order valence-corrected chi connectivity index (χ2v) is 5.31. The Hall–Kier alpha value is -0.620. The SMILES string of the molecule is Cl.O=S(=O)(O)c1cc2ccccc2s1. The van der Waals surface area contributed by atoms with Crippen LogP contribution >= 0.6 is 23.7 Å². The lowest BCUT2D eigenvalue weighted by molar-refractivity contribution is 0.485. The normalized spacial score (nSPS) is 11.2. The largest absolute Gasteiger partial charge is 0.304 e. The van der Waals surface area contributed by atoms with Crippen molar-refractivity contribution < 1.29 is 13.0 Å². The van der Waals surface area contributed by atoms with Crippen molar-refractivity contribution in [2.24, 2.45) is 0 Å². The maximum atomic E-state index is 10.8. The fourth-order valence-corrected chi connectivity index (χ4v) is 2.85. The molecule has 0 aliphatic carbocycles. The molecule has 0 saturated heterocycles. The van der Waals surface area contributed by atoms with Gasteiger partial charge < -0.3 is 0 Å². The Morgan fingerprint density at radius 3 is 2.43 bits per heavy atom. The van der Waals surface area contributed by atoms with E-state index in [1.807, 2.05) is 18.2 Å². The molecule has 14 heavy (non-hydrogen) atoms. The molecule has 3 nitrogen and oxygen atoms in total. The molecule has 2 rings (SSSR count). The van der Waals surface area contributed by atoms with Gasteiger partial charge in [0.2, 0.25) is 0 Å². The number of rotatable bonds is 1. The molecule has 1 aromatic carbocycles. The lowest BCUT2D eigenvalue weighted by atomic mass is 10.3. The van der Waals surface area contributed by atoms with Crippen LogP contribution in [0.3, 0.4) is 0 Å². The highest BCUT2D eigenvalue weighted by molar-refractivity contribution is 7.88. The maximum absolute atomic E-state index is 10.8. The predicted molar refractivity (Wildman–Crippen MR) is 58.9 cm³/mol. The van der Waals surface area contributed by atoms with Gasteiger partial charge >= 0.3 is 10.1 Å². The Balaban J connectivity index is 0.000000980. The highest BCUT2D eigenvalue weighted by Gasteiger charge is 2.12. The van der Waals surface area contributed by atoms with E-state index in [-0.39, 0.29) is 16.6 Å². The summed E-state index contributed by atoms with van der Waals surface area (Å²) in [7, 11) is -4.05. The quantitative estimate of drug-likeness (QED) is 0.792. The van der Waals surface area contributed by atoms with Gasteiger partial charge in [-0.1, -0.05) is 18.2 Å². The minimum Gasteiger partial charge on any atom is -0.281 e. The Morgan fingerprint density at radius 1 is 1.21 bits per heavy atom. The van der Waals surface area contributed by atoms with Crippen LogP contribution in [0.4, 0.5) is 0 Å². The van der Waals surface area contributed by atoms with Gasteiger partial charge in [-0.2, -0.15) is 8.42 Å². The summed E-state index contributed by atoms with van der Waals surface area (Å²) in [6.07, 6.45) is 0. The summed E-state index contributed by atoms with van der Waals surface area (Å²) in [6.45, 7) is 0. The number of hydrogen-bond donors (Lipinski definition) is 1. The van der Waals surface area contributed by atoms with Crippen molar-refractivity contribution in [3.05, 3.63) is 30.3 Å². The Morgan fingerprint density at radius 2 is 1.86 bits per heavy atom. The van der Waals surface area contributed by atoms with Crippen molar-refractivity contribution in [1.82, 2.24) is 0 Å². The van der Waals surface area contributed by atoms with E-state index in [1.54, 1.807) is 6.07 Å². The van der Waals surface area contributed by atoms with Gasteiger partial charge in [-0.25, -0.2) is 0 Å². The van der Waals surface area contributed by atoms with E-state index in [2.05, 4.69) is 0 Å². The molecule has 0 fully saturated rings. The van der Waals surface area contributed by atoms with Gasteiger partial charge in [0.25, 0.3) is 0 Å². The topological polar surface area (TPSA) is 54.4 Å². The first-order chi connectivity index (χ1) is 6.07. The number of halogens is 1. The summed E-state index contributed by atoms with van der Waals surface area (Å²) >= 11 is 1.07. The van der Waals surface area contributed by atoms with Crippen molar-refractivity contribution in [2.75, 3.05) is 0 Å². The Bertz CT molecular complexity index is 511. The molecule has 2 aromatic rings. The first-order valence-electron chi connectivity index (χ1n) is 3.53. The molecule has 0 radical (unpaired) electrons. The van der Waals surface area contributed by atoms with E-state index in [4.69, 9.17) is 4.55 Å². The first kappa shape index (κ1) is 11.5. The van der Waals surface area contributed by atoms with Crippen LogP contribution in [0.15, 0.2) is 34.5 Å². The van der Waals surface area contributed by atoms with Crippen LogP contribution in [0, 0.1) is 0 Å². The van der Waals surface area contributed by atoms with Crippen LogP contribution in [0.5, 0.6) is 0 Å². The summed E-state index contributed by atoms with van der Waals surface area (Å²) in [4.78, 5) is 0. The van der Waals surface area contributed by atoms with E-state index in [0.717, 1.165) is 21.4 Å². The van der Waals surface area contributed by atoms with E-state index in [9.17, 15) is 8.42 Å². The third-order valence-corrected chi connectivity index (χ3v) is 4.08. The van der Waals surface area contributed by atoms with Gasteiger partial charge in [0, 0.05) is 4.70 Å². The average molecular weight is 251 g/mol. The lowest BCUT2D eigenvalue weighted by Gasteiger charge is -1.85. The third-order valence-electron chi connectivity index (χ3n) is 1.66. The summed E-state index contributed by atoms with van der Waals surface area (Å²) in [6, 6.07) is 8.74. The van der Waals surface area contributed by atoms with Crippen LogP contribution in [0.2, 0.25) is 0 Å². The molecular formula is C8H7ClO3S2. The zero-order chi connectivity index (χ0) is 9.47. The monoisotopic (exact) mass is 250 g/mol. The van der Waals surface area contributed by atoms with E-state index in [1.165, 1.54) is 6.07 Å². The van der Waals surface area contributed by atoms with Crippen molar-refractivity contribution >= 4 is 43.9 Å². The molecule has 0 amide bonds. The molecule has 76 valence electrons. The highest BCUT2D eigenvalue weighted by Crippen LogP contribution is 2.28. The fourth-order valence-electron chi connectivity index (χ4n) is 1.08. The minimum absolute atomic E-state index is 0. The van der Waals surface area contributed by atoms with Crippen LogP contribution in [-0.2, 0) is 10.1 Å². The number of benzene rings is 1. The summed E-state index contributed by atoms with van der Waals surface area (Å²) in [5, 5.41) is 0.833. The van der Waals surface area contributed by atoms with E-state index in [0.29, 0.717) is 0 Å². The van der Waals surface area contributed by atoms with E-state index < -0.39 is 10.1 Å². The molecule has 0 bridgehead atoms. The van der Waals surface area contributed by atoms with Crippen LogP contribution < -0.4 is 0 Å². The number of fused-ring (bicyclic) bond motifs is 1. The third kappa shape index (κ3) is 2.06. The second kappa shape index (κ2) is 3.86. The molecule has 0 unspecified atom stereocenters. The molecule has 0 aliphatic rings. The molecule has 1 heterocycles. The molecule has 0 atom stereocenters. The zero-order valence-electron chi connectivity index (χ0n) is 6.88. The lowest BCUT2D eigenvalue weighted by Crippen LogP contribution is -1.92. The van der Waals surface area contributed by atoms with Crippen molar-refractivity contribution in [2.45, 2.75) is 4.21 Å². The number of thiophene rings is 1. The standard InChI is InChI=1S/C8H6O3S2.ClH/c9-13(10,11)8-5-6-3-1-2-4-7(6)12-8;/h1-5H,(H,9,10,11);1H. The molecule has 0 saturated carbocycles. The van der Waals surface area contributed by atoms with Crippen LogP contribution in [0.1, 0.15) is 0 Å². The van der Waals surface area contributed by atoms with Crippen molar-refractivity contribution in [3.8, 4) is 0 Å². The van der Waals surface area contributed by atoms with Gasteiger partial charge in [-0.05, 0) is 17.5 Å². The van der Waals surface area contributed by atoms with Gasteiger partial charge in [0.05, 0.1) is 0 Å². The predicted octanol–water partition coefficient (Wildman–Crippen LogP) is 2.57. The van der Waals surface area contributed by atoms with Crippen LogP contribution in [0.25, 0.3) is 10.1 Å². The zero-order valence-corrected chi connectivity index (χ0v) is 9.32. The molecular weight excluding hydrogens is 244 g/mol. The average Bonchev–Trinajstić information content (AvgIpc) is 2.45. The molecule has 0 spiro atoms. The summed E-state index contributed by atoms with van der Waals surface area (Å²) in [5.41, 5.74) is 0. The second-order valence-electron chi connectivity index (χ2n) is 2.58. The fraction of sp³-hybridized carbons (Fsp3) is 0. The van der Waals surface area contributed by atoms with Crippen LogP contribution in [-0.4, -0.2) is 13.0 Å². The van der Waals surface area contributed by atoms with Gasteiger partial charge in [-0.3, -0.25) is 4.55 Å². The highest BCUT2D eigenvalue weighted by atomic mass is 35.5. The van der Waals surface area contributed by atoms with Crippen molar-refractivity contribution in [3.63, 3.8) is 0 Å². The van der Waals surface area contributed by atoms with Gasteiger partial charge in [-0.15, -0.1) is 23.7 Å². The first-order valence-corrected chi connectivity index (χ1v) is 5.79. The summed E-state index contributed by atoms with van der Waals surface area (Å²) in [5.74, 6) is 0. The van der Waals surface area contributed by atoms with Gasteiger partial charge in [0.15, 0.2) is 0 Å². The van der Waals surface area contributed by atoms with Gasteiger partial charge in [0.1, 0.15) is 4.21 Å². The maximum Gasteiger partial charge on any atom is 0.304 e. The number of hydrogen-bond acceptors (Lipinski definition) is 3. The molecule has 1 aromatic heterocycles. The molecule has 0 aliphatic heterocycles. The van der Waals surface area contributed by atoms with E-state index >= 15 is 0 Å². The Kier molecular flexibility index (Phi) is 3.16. The molecule has 1 N–H and O–H groups in total. The summed E-state index contributed by atoms with van der Waals surface area (Å²) < 4.78 is 31.2. The molecule has 6 heteroatoms.